The van der Waals surface area contributed by atoms with E-state index in [4.69, 9.17) is 0 Å². The lowest BCUT2D eigenvalue weighted by Gasteiger charge is -2.35. The molecule has 8 heteroatoms. The maximum absolute atomic E-state index is 14.5. The second-order valence-electron chi connectivity index (χ2n) is 8.85. The van der Waals surface area contributed by atoms with Crippen LogP contribution in [-0.4, -0.2) is 40.6 Å². The zero-order valence-corrected chi connectivity index (χ0v) is 19.1. The van der Waals surface area contributed by atoms with Gasteiger partial charge in [-0.15, -0.1) is 0 Å². The lowest BCUT2D eigenvalue weighted by Crippen LogP contribution is -2.51. The Morgan fingerprint density at radius 2 is 1.62 bits per heavy atom. The molecule has 178 valence electrons. The lowest BCUT2D eigenvalue weighted by atomic mass is 10.0. The van der Waals surface area contributed by atoms with Crippen LogP contribution in [-0.2, 0) is 14.4 Å². The molecule has 2 aliphatic rings. The molecule has 2 fully saturated rings. The van der Waals surface area contributed by atoms with Gasteiger partial charge in [0, 0.05) is 18.7 Å². The highest BCUT2D eigenvalue weighted by molar-refractivity contribution is 6.23. The summed E-state index contributed by atoms with van der Waals surface area (Å²) in [6.45, 7) is 1.39. The molecule has 2 aromatic rings. The minimum Gasteiger partial charge on any atom is -0.326 e. The predicted molar refractivity (Wildman–Crippen MR) is 126 cm³/mol. The number of amides is 4. The molecule has 1 saturated heterocycles. The highest BCUT2D eigenvalue weighted by atomic mass is 19.1. The third kappa shape index (κ3) is 4.85. The Hall–Kier alpha value is -3.55. The van der Waals surface area contributed by atoms with Crippen molar-refractivity contribution in [2.24, 2.45) is 0 Å². The molecule has 4 amide bonds. The Kier molecular flexibility index (Phi) is 7.05. The molecular formula is C26H28FN3O4. The summed E-state index contributed by atoms with van der Waals surface area (Å²) in [4.78, 5) is 53.9. The van der Waals surface area contributed by atoms with E-state index in [9.17, 15) is 23.6 Å². The first-order valence-electron chi connectivity index (χ1n) is 11.7. The fourth-order valence-corrected chi connectivity index (χ4v) is 4.87. The first-order valence-corrected chi connectivity index (χ1v) is 11.7. The SMILES string of the molecule is CC(=O)Nc1ccc(N2C(=O)CC(N(C(=O)c3ccccc3F)C3CCCCCC3)C2=O)cc1. The van der Waals surface area contributed by atoms with E-state index < -0.39 is 29.6 Å². The second kappa shape index (κ2) is 10.2. The van der Waals surface area contributed by atoms with Crippen LogP contribution in [0.3, 0.4) is 0 Å². The summed E-state index contributed by atoms with van der Waals surface area (Å²) in [5.74, 6) is -2.34. The fraction of sp³-hybridized carbons (Fsp3) is 0.385. The Balaban J connectivity index is 1.65. The number of rotatable bonds is 5. The van der Waals surface area contributed by atoms with E-state index in [-0.39, 0.29) is 23.9 Å². The average Bonchev–Trinajstić information content (AvgIpc) is 2.97. The Bertz CT molecular complexity index is 1090. The number of carbonyl (C=O) groups excluding carboxylic acids is 4. The molecule has 2 aromatic carbocycles. The zero-order valence-electron chi connectivity index (χ0n) is 19.1. The monoisotopic (exact) mass is 465 g/mol. The van der Waals surface area contributed by atoms with E-state index >= 15 is 0 Å². The highest BCUT2D eigenvalue weighted by Gasteiger charge is 2.46. The zero-order chi connectivity index (χ0) is 24.2. The molecule has 0 aromatic heterocycles. The molecule has 1 N–H and O–H groups in total. The first-order chi connectivity index (χ1) is 16.4. The van der Waals surface area contributed by atoms with E-state index in [2.05, 4.69) is 5.32 Å². The van der Waals surface area contributed by atoms with E-state index in [1.807, 2.05) is 0 Å². The molecule has 1 heterocycles. The normalized spacial score (nSPS) is 19.1. The van der Waals surface area contributed by atoms with Crippen LogP contribution in [0.15, 0.2) is 48.5 Å². The van der Waals surface area contributed by atoms with Gasteiger partial charge in [-0.25, -0.2) is 9.29 Å². The molecule has 1 atom stereocenters. The molecule has 1 aliphatic carbocycles. The van der Waals surface area contributed by atoms with Gasteiger partial charge in [-0.05, 0) is 49.2 Å². The van der Waals surface area contributed by atoms with Crippen LogP contribution in [0.4, 0.5) is 15.8 Å². The number of halogens is 1. The molecule has 0 radical (unpaired) electrons. The molecule has 4 rings (SSSR count). The molecule has 1 saturated carbocycles. The minimum absolute atomic E-state index is 0.0925. The van der Waals surface area contributed by atoms with Gasteiger partial charge < -0.3 is 10.2 Å². The van der Waals surface area contributed by atoms with Crippen molar-refractivity contribution in [3.63, 3.8) is 0 Å². The summed E-state index contributed by atoms with van der Waals surface area (Å²) in [6, 6.07) is 10.9. The largest absolute Gasteiger partial charge is 0.326 e. The van der Waals surface area contributed by atoms with Crippen LogP contribution >= 0.6 is 0 Å². The summed E-state index contributed by atoms with van der Waals surface area (Å²) in [7, 11) is 0. The maximum atomic E-state index is 14.5. The van der Waals surface area contributed by atoms with Gasteiger partial charge in [0.25, 0.3) is 11.8 Å². The minimum atomic E-state index is -0.988. The fourth-order valence-electron chi connectivity index (χ4n) is 4.87. The van der Waals surface area contributed by atoms with Gasteiger partial charge in [-0.1, -0.05) is 37.8 Å². The summed E-state index contributed by atoms with van der Waals surface area (Å²) >= 11 is 0. The Morgan fingerprint density at radius 1 is 0.971 bits per heavy atom. The molecule has 1 aliphatic heterocycles. The van der Waals surface area contributed by atoms with Gasteiger partial charge in [0.15, 0.2) is 0 Å². The Morgan fingerprint density at radius 3 is 2.24 bits per heavy atom. The standard InChI is InChI=1S/C26H28FN3O4/c1-17(31)28-18-12-14-20(15-13-18)30-24(32)16-23(26(30)34)29(19-8-4-2-3-5-9-19)25(33)21-10-6-7-11-22(21)27/h6-7,10-15,19,23H,2-5,8-9,16H2,1H3,(H,28,31). The van der Waals surface area contributed by atoms with Crippen LogP contribution in [0.25, 0.3) is 0 Å². The van der Waals surface area contributed by atoms with Crippen molar-refractivity contribution in [3.05, 3.63) is 59.9 Å². The Labute approximate surface area is 197 Å². The van der Waals surface area contributed by atoms with Crippen molar-refractivity contribution in [2.75, 3.05) is 10.2 Å². The van der Waals surface area contributed by atoms with Crippen molar-refractivity contribution in [2.45, 2.75) is 64.0 Å². The smallest absolute Gasteiger partial charge is 0.257 e. The van der Waals surface area contributed by atoms with Gasteiger partial charge in [0.2, 0.25) is 11.8 Å². The number of benzene rings is 2. The summed E-state index contributed by atoms with van der Waals surface area (Å²) in [5, 5.41) is 2.64. The summed E-state index contributed by atoms with van der Waals surface area (Å²) < 4.78 is 14.5. The van der Waals surface area contributed by atoms with Crippen molar-refractivity contribution < 1.29 is 23.6 Å². The highest BCUT2D eigenvalue weighted by Crippen LogP contribution is 2.32. The van der Waals surface area contributed by atoms with E-state index in [0.29, 0.717) is 24.2 Å². The van der Waals surface area contributed by atoms with Gasteiger partial charge in [0.1, 0.15) is 11.9 Å². The lowest BCUT2D eigenvalue weighted by molar-refractivity contribution is -0.123. The third-order valence-corrected chi connectivity index (χ3v) is 6.46. The topological polar surface area (TPSA) is 86.8 Å². The number of hydrogen-bond acceptors (Lipinski definition) is 4. The number of carbonyl (C=O) groups is 4. The maximum Gasteiger partial charge on any atom is 0.257 e. The quantitative estimate of drug-likeness (QED) is 0.528. The van der Waals surface area contributed by atoms with Crippen molar-refractivity contribution in [1.29, 1.82) is 0 Å². The van der Waals surface area contributed by atoms with E-state index in [0.717, 1.165) is 30.6 Å². The van der Waals surface area contributed by atoms with E-state index in [1.54, 1.807) is 30.3 Å². The molecule has 1 unspecified atom stereocenters. The van der Waals surface area contributed by atoms with Gasteiger partial charge in [0.05, 0.1) is 17.7 Å². The van der Waals surface area contributed by atoms with Crippen molar-refractivity contribution in [1.82, 2.24) is 4.90 Å². The molecular weight excluding hydrogens is 437 g/mol. The van der Waals surface area contributed by atoms with Crippen LogP contribution in [0, 0.1) is 5.82 Å². The summed E-state index contributed by atoms with van der Waals surface area (Å²) in [5.41, 5.74) is 0.817. The van der Waals surface area contributed by atoms with Crippen molar-refractivity contribution in [3.8, 4) is 0 Å². The first kappa shape index (κ1) is 23.6. The number of anilines is 2. The third-order valence-electron chi connectivity index (χ3n) is 6.46. The second-order valence-corrected chi connectivity index (χ2v) is 8.85. The molecule has 34 heavy (non-hydrogen) atoms. The van der Waals surface area contributed by atoms with E-state index in [1.165, 1.54) is 30.0 Å². The van der Waals surface area contributed by atoms with Crippen LogP contribution in [0.2, 0.25) is 0 Å². The number of hydrogen-bond donors (Lipinski definition) is 1. The number of nitrogens with zero attached hydrogens (tertiary/aromatic N) is 2. The van der Waals surface area contributed by atoms with Crippen molar-refractivity contribution >= 4 is 35.0 Å². The number of nitrogens with one attached hydrogen (secondary N) is 1. The van der Waals surface area contributed by atoms with Crippen LogP contribution in [0.5, 0.6) is 0 Å². The number of imide groups is 1. The molecule has 0 spiro atoms. The molecule has 0 bridgehead atoms. The van der Waals surface area contributed by atoms with Crippen LogP contribution in [0.1, 0.15) is 62.2 Å². The van der Waals surface area contributed by atoms with Gasteiger partial charge in [-0.3, -0.25) is 19.2 Å². The molecule has 7 nitrogen and oxygen atoms in total. The van der Waals surface area contributed by atoms with Gasteiger partial charge in [-0.2, -0.15) is 0 Å². The predicted octanol–water partition coefficient (Wildman–Crippen LogP) is 4.28. The summed E-state index contributed by atoms with van der Waals surface area (Å²) in [6.07, 6.45) is 5.19. The van der Waals surface area contributed by atoms with Crippen LogP contribution < -0.4 is 10.2 Å². The average molecular weight is 466 g/mol. The van der Waals surface area contributed by atoms with Gasteiger partial charge >= 0.3 is 0 Å².